The summed E-state index contributed by atoms with van der Waals surface area (Å²) in [5, 5.41) is 12.3. The van der Waals surface area contributed by atoms with Gasteiger partial charge in [0.1, 0.15) is 33.7 Å². The van der Waals surface area contributed by atoms with Crippen LogP contribution < -0.4 is 0 Å². The summed E-state index contributed by atoms with van der Waals surface area (Å²) in [6.45, 7) is 0. The monoisotopic (exact) mass is 1360 g/mol. The van der Waals surface area contributed by atoms with Gasteiger partial charge < -0.3 is 8.83 Å². The Bertz CT molecular complexity index is 7010. The zero-order valence-electron chi connectivity index (χ0n) is 56.6. The summed E-state index contributed by atoms with van der Waals surface area (Å²) in [4.78, 5) is 20.7. The van der Waals surface area contributed by atoms with Gasteiger partial charge in [-0.05, 0) is 180 Å². The fourth-order valence-corrected chi connectivity index (χ4v) is 15.8. The molecule has 1 aliphatic rings. The highest BCUT2D eigenvalue weighted by Crippen LogP contribution is 2.45. The Hall–Kier alpha value is -13.6. The van der Waals surface area contributed by atoms with Gasteiger partial charge in [-0.15, -0.1) is 0 Å². The van der Waals surface area contributed by atoms with Crippen molar-refractivity contribution < 1.29 is 8.83 Å². The van der Waals surface area contributed by atoms with Crippen molar-refractivity contribution in [3.8, 4) is 84.0 Å². The van der Waals surface area contributed by atoms with Gasteiger partial charge in [0.05, 0.1) is 33.1 Å². The van der Waals surface area contributed by atoms with Crippen LogP contribution in [-0.4, -0.2) is 24.5 Å². The summed E-state index contributed by atoms with van der Waals surface area (Å²) in [6, 6.07) is 123. The second-order valence-corrected chi connectivity index (χ2v) is 27.2. The van der Waals surface area contributed by atoms with E-state index in [1.54, 1.807) is 0 Å². The van der Waals surface area contributed by atoms with E-state index in [0.29, 0.717) is 10.8 Å². The van der Waals surface area contributed by atoms with Gasteiger partial charge in [-0.3, -0.25) is 4.57 Å². The van der Waals surface area contributed by atoms with Crippen LogP contribution in [0.4, 0.5) is 0 Å². The van der Waals surface area contributed by atoms with Gasteiger partial charge in [0, 0.05) is 43.4 Å². The molecule has 8 heteroatoms. The second kappa shape index (κ2) is 25.5. The zero-order valence-corrected chi connectivity index (χ0v) is 57.4. The second-order valence-electron chi connectivity index (χ2n) is 26.9. The average molecular weight is 1360 g/mol. The maximum Gasteiger partial charge on any atom is 0.165 e. The van der Waals surface area contributed by atoms with Gasteiger partial charge in [-0.1, -0.05) is 279 Å². The van der Waals surface area contributed by atoms with Gasteiger partial charge in [0.25, 0.3) is 0 Å². The van der Waals surface area contributed by atoms with E-state index in [4.69, 9.17) is 40.4 Å². The van der Waals surface area contributed by atoms with Gasteiger partial charge in [-0.2, -0.15) is 0 Å². The molecule has 0 amide bonds. The molecule has 0 aliphatic heterocycles. The Morgan fingerprint density at radius 1 is 0.248 bits per heavy atom. The highest BCUT2D eigenvalue weighted by molar-refractivity contribution is 6.32. The normalized spacial score (nSPS) is 11.8. The maximum absolute atomic E-state index is 6.61. The number of hydrogen-bond acceptors (Lipinski definition) is 6. The summed E-state index contributed by atoms with van der Waals surface area (Å²) >= 11 is 6.61. The number of para-hydroxylation sites is 3. The van der Waals surface area contributed by atoms with Crippen molar-refractivity contribution in [1.82, 2.24) is 24.5 Å². The van der Waals surface area contributed by atoms with E-state index >= 15 is 0 Å². The zero-order chi connectivity index (χ0) is 69.5. The van der Waals surface area contributed by atoms with Crippen LogP contribution >= 0.6 is 11.6 Å². The van der Waals surface area contributed by atoms with E-state index in [9.17, 15) is 0 Å². The first-order valence-electron chi connectivity index (χ1n) is 35.4. The van der Waals surface area contributed by atoms with E-state index in [2.05, 4.69) is 271 Å². The van der Waals surface area contributed by atoms with Crippen molar-refractivity contribution in [2.45, 2.75) is 6.42 Å². The Morgan fingerprint density at radius 2 is 0.667 bits per heavy atom. The summed E-state index contributed by atoms with van der Waals surface area (Å²) in [5.74, 6) is 0.802. The van der Waals surface area contributed by atoms with E-state index in [1.807, 2.05) is 84.9 Å². The van der Waals surface area contributed by atoms with Crippen molar-refractivity contribution in [2.24, 2.45) is 0 Å². The minimum Gasteiger partial charge on any atom is -0.456 e. The third-order valence-electron chi connectivity index (χ3n) is 20.6. The lowest BCUT2D eigenvalue weighted by Gasteiger charge is -2.16. The number of hydrogen-bond donors (Lipinski definition) is 0. The predicted molar refractivity (Wildman–Crippen MR) is 435 cm³/mol. The number of benzene rings is 16. The number of furan rings is 2. The molecule has 21 aromatic rings. The molecule has 1 aliphatic carbocycles. The first-order valence-corrected chi connectivity index (χ1v) is 35.8. The molecule has 0 unspecified atom stereocenters. The van der Waals surface area contributed by atoms with Gasteiger partial charge in [-0.25, -0.2) is 19.9 Å². The molecule has 0 saturated carbocycles. The van der Waals surface area contributed by atoms with Gasteiger partial charge >= 0.3 is 0 Å². The fraction of sp³-hybridized carbons (Fsp3) is 0.0103. The standard InChI is InChI=1S/C48H29N3O.C32H19ClN2O.C17H12/c1-3-13-30(14-4-1)38-28-42-41(29-39(38)34-23-24-37-36-20-10-12-22-45(36)52-46(37)27-34)49-47(31-15-5-2-6-16-31)48(50-42)51-43-21-11-9-19-35(43)40-25-32-17-7-8-18-33(32)26-44(40)51;33-32-31(21-11-5-2-6-12-21)34-27-19-26(25(18-28(27)35-32)20-9-3-1-4-10-20)22-15-16-24-23-13-7-8-14-29(23)36-30(24)17-22;1-2-6-13-11-17-15(9-12(13)5-1)10-14-7-3-4-8-16(14)17/h1-29H;1-19H;1-9,11H,10H2. The number of nitrogens with zero attached hydrogens (tertiary/aromatic N) is 5. The molecule has 5 aromatic heterocycles. The van der Waals surface area contributed by atoms with Crippen molar-refractivity contribution >= 4 is 121 Å². The molecule has 0 saturated heterocycles. The number of rotatable bonds is 7. The summed E-state index contributed by atoms with van der Waals surface area (Å²) in [7, 11) is 0. The largest absolute Gasteiger partial charge is 0.456 e. The molecular formula is C97H60ClN5O2. The van der Waals surface area contributed by atoms with E-state index in [1.165, 1.54) is 54.6 Å². The van der Waals surface area contributed by atoms with Crippen LogP contribution in [0.3, 0.4) is 0 Å². The number of fused-ring (bicyclic) bond motifs is 16. The van der Waals surface area contributed by atoms with Gasteiger partial charge in [0.2, 0.25) is 0 Å². The molecule has 5 heterocycles. The lowest BCUT2D eigenvalue weighted by atomic mass is 9.93. The highest BCUT2D eigenvalue weighted by Gasteiger charge is 2.24. The first kappa shape index (κ1) is 61.3. The number of halogens is 1. The highest BCUT2D eigenvalue weighted by atomic mass is 35.5. The van der Waals surface area contributed by atoms with Crippen LogP contribution in [0.25, 0.3) is 193 Å². The van der Waals surface area contributed by atoms with Crippen LogP contribution in [0.2, 0.25) is 5.15 Å². The molecule has 0 bridgehead atoms. The van der Waals surface area contributed by atoms with Crippen LogP contribution in [0, 0.1) is 0 Å². The van der Waals surface area contributed by atoms with Crippen molar-refractivity contribution in [2.75, 3.05) is 0 Å². The maximum atomic E-state index is 6.61. The molecule has 16 aromatic carbocycles. The Kier molecular flexibility index (Phi) is 14.9. The van der Waals surface area contributed by atoms with Crippen molar-refractivity contribution in [1.29, 1.82) is 0 Å². The summed E-state index contributed by atoms with van der Waals surface area (Å²) < 4.78 is 14.8. The predicted octanol–water partition coefficient (Wildman–Crippen LogP) is 26.4. The Labute approximate surface area is 608 Å². The summed E-state index contributed by atoms with van der Waals surface area (Å²) in [5.41, 5.74) is 26.7. The lowest BCUT2D eigenvalue weighted by molar-refractivity contribution is 0.668. The molecule has 22 rings (SSSR count). The smallest absolute Gasteiger partial charge is 0.165 e. The molecule has 7 nitrogen and oxygen atoms in total. The minimum absolute atomic E-state index is 0.393. The SMILES string of the molecule is Clc1nc2cc(-c3ccccc3)c(-c3ccc4c(c3)oc3ccccc34)cc2nc1-c1ccccc1.c1ccc(-c2cc3nc(-n4c5ccccc5c5cc6ccccc6cc54)c(-c4ccccc4)nc3cc2-c2ccc3c(c2)oc2ccccc23)cc1.c1ccc2c(c1)Cc1cc3ccccc3cc1-2. The first-order chi connectivity index (χ1) is 51.9. The van der Waals surface area contributed by atoms with E-state index in [0.717, 1.165) is 151 Å². The molecular weight excluding hydrogens is 1300 g/mol. The third-order valence-corrected chi connectivity index (χ3v) is 20.9. The molecule has 0 spiro atoms. The number of aromatic nitrogens is 5. The van der Waals surface area contributed by atoms with E-state index in [-0.39, 0.29) is 0 Å². The molecule has 105 heavy (non-hydrogen) atoms. The average Bonchev–Trinajstić information content (AvgIpc) is 1.63. The van der Waals surface area contributed by atoms with Crippen LogP contribution in [0.5, 0.6) is 0 Å². The molecule has 0 atom stereocenters. The third kappa shape index (κ3) is 10.9. The topological polar surface area (TPSA) is 82.8 Å². The lowest BCUT2D eigenvalue weighted by Crippen LogP contribution is -2.04. The molecule has 492 valence electrons. The van der Waals surface area contributed by atoms with E-state index < -0.39 is 0 Å². The van der Waals surface area contributed by atoms with Crippen LogP contribution in [0.1, 0.15) is 11.1 Å². The molecule has 0 N–H and O–H groups in total. The summed E-state index contributed by atoms with van der Waals surface area (Å²) in [6.07, 6.45) is 1.08. The van der Waals surface area contributed by atoms with Crippen LogP contribution in [0.15, 0.2) is 361 Å². The van der Waals surface area contributed by atoms with Crippen molar-refractivity contribution in [3.05, 3.63) is 368 Å². The Balaban J connectivity index is 0.000000118. The molecule has 0 radical (unpaired) electrons. The van der Waals surface area contributed by atoms with Gasteiger partial charge in [0.15, 0.2) is 11.0 Å². The Morgan fingerprint density at radius 3 is 1.25 bits per heavy atom. The quantitative estimate of drug-likeness (QED) is 0.158. The minimum atomic E-state index is 0.393. The molecule has 0 fully saturated rings. The van der Waals surface area contributed by atoms with Crippen molar-refractivity contribution in [3.63, 3.8) is 0 Å². The fourth-order valence-electron chi connectivity index (χ4n) is 15.6. The van der Waals surface area contributed by atoms with Crippen LogP contribution in [-0.2, 0) is 6.42 Å².